The monoisotopic (exact) mass is 315 g/mol. The highest BCUT2D eigenvalue weighted by atomic mass is 16.5. The van der Waals surface area contributed by atoms with E-state index in [1.54, 1.807) is 25.1 Å². The average Bonchev–Trinajstić information content (AvgIpc) is 3.15. The Labute approximate surface area is 135 Å². The summed E-state index contributed by atoms with van der Waals surface area (Å²) in [7, 11) is 0. The molecule has 122 valence electrons. The van der Waals surface area contributed by atoms with Crippen LogP contribution in [0.5, 0.6) is 5.75 Å². The molecule has 2 N–H and O–H groups in total. The van der Waals surface area contributed by atoms with Crippen LogP contribution in [0, 0.1) is 6.92 Å². The molecule has 2 heterocycles. The summed E-state index contributed by atoms with van der Waals surface area (Å²) in [6.45, 7) is 3.48. The summed E-state index contributed by atoms with van der Waals surface area (Å²) in [5.74, 6) is 1.35. The standard InChI is InChI=1S/C17H21N3O3/c1-12-11-16(19-23-12)18-17(22)8-10-20-9-2-3-15(20)13-4-6-14(21)7-5-13/h4-7,11,15,21H,2-3,8-10H2,1H3,(H,18,19,22)/t15-/m1/s1. The Bertz CT molecular complexity index is 666. The number of amides is 1. The molecule has 1 aromatic carbocycles. The zero-order chi connectivity index (χ0) is 16.2. The minimum absolute atomic E-state index is 0.0605. The number of nitrogens with one attached hydrogen (secondary N) is 1. The Balaban J connectivity index is 1.54. The molecule has 1 aliphatic heterocycles. The van der Waals surface area contributed by atoms with Crippen molar-refractivity contribution in [1.29, 1.82) is 0 Å². The van der Waals surface area contributed by atoms with Gasteiger partial charge in [0, 0.05) is 25.1 Å². The molecule has 0 radical (unpaired) electrons. The van der Waals surface area contributed by atoms with E-state index >= 15 is 0 Å². The lowest BCUT2D eigenvalue weighted by Crippen LogP contribution is -2.27. The molecule has 1 aliphatic rings. The van der Waals surface area contributed by atoms with Crippen molar-refractivity contribution in [3.63, 3.8) is 0 Å². The summed E-state index contributed by atoms with van der Waals surface area (Å²) in [6, 6.07) is 9.36. The van der Waals surface area contributed by atoms with Gasteiger partial charge in [-0.2, -0.15) is 0 Å². The second kappa shape index (κ2) is 6.83. The molecular weight excluding hydrogens is 294 g/mol. The number of aromatic nitrogens is 1. The number of nitrogens with zero attached hydrogens (tertiary/aromatic N) is 2. The third-order valence-corrected chi connectivity index (χ3v) is 4.16. The lowest BCUT2D eigenvalue weighted by molar-refractivity contribution is -0.116. The first kappa shape index (κ1) is 15.6. The number of hydrogen-bond donors (Lipinski definition) is 2. The van der Waals surface area contributed by atoms with E-state index < -0.39 is 0 Å². The summed E-state index contributed by atoms with van der Waals surface area (Å²) >= 11 is 0. The van der Waals surface area contributed by atoms with E-state index in [0.717, 1.165) is 19.4 Å². The molecular formula is C17H21N3O3. The minimum Gasteiger partial charge on any atom is -0.508 e. The molecule has 1 saturated heterocycles. The van der Waals surface area contributed by atoms with Crippen molar-refractivity contribution >= 4 is 11.7 Å². The third-order valence-electron chi connectivity index (χ3n) is 4.16. The summed E-state index contributed by atoms with van der Waals surface area (Å²) in [4.78, 5) is 14.3. The Morgan fingerprint density at radius 2 is 2.22 bits per heavy atom. The molecule has 1 atom stereocenters. The minimum atomic E-state index is -0.0605. The number of likely N-dealkylation sites (tertiary alicyclic amines) is 1. The summed E-state index contributed by atoms with van der Waals surface area (Å²) in [6.07, 6.45) is 2.62. The number of benzene rings is 1. The van der Waals surface area contributed by atoms with Gasteiger partial charge in [-0.15, -0.1) is 0 Å². The van der Waals surface area contributed by atoms with Crippen molar-refractivity contribution in [1.82, 2.24) is 10.1 Å². The SMILES string of the molecule is Cc1cc(NC(=O)CCN2CCC[C@@H]2c2ccc(O)cc2)no1. The number of hydrogen-bond acceptors (Lipinski definition) is 5. The largest absolute Gasteiger partial charge is 0.508 e. The molecule has 0 spiro atoms. The van der Waals surface area contributed by atoms with Crippen LogP contribution in [-0.4, -0.2) is 34.2 Å². The normalized spacial score (nSPS) is 18.2. The van der Waals surface area contributed by atoms with Gasteiger partial charge in [-0.1, -0.05) is 17.3 Å². The number of anilines is 1. The lowest BCUT2D eigenvalue weighted by atomic mass is 10.0. The quantitative estimate of drug-likeness (QED) is 0.887. The molecule has 6 heteroatoms. The Kier molecular flexibility index (Phi) is 4.62. The predicted octanol–water partition coefficient (Wildman–Crippen LogP) is 2.85. The van der Waals surface area contributed by atoms with Gasteiger partial charge in [0.05, 0.1) is 0 Å². The van der Waals surface area contributed by atoms with Crippen LogP contribution in [0.1, 0.15) is 36.6 Å². The van der Waals surface area contributed by atoms with Crippen LogP contribution in [0.25, 0.3) is 0 Å². The second-order valence-electron chi connectivity index (χ2n) is 5.91. The van der Waals surface area contributed by atoms with Gasteiger partial charge in [-0.25, -0.2) is 0 Å². The highest BCUT2D eigenvalue weighted by Gasteiger charge is 2.26. The van der Waals surface area contributed by atoms with E-state index in [2.05, 4.69) is 15.4 Å². The van der Waals surface area contributed by atoms with Gasteiger partial charge in [0.1, 0.15) is 11.5 Å². The van der Waals surface area contributed by atoms with Crippen molar-refractivity contribution in [3.05, 3.63) is 41.7 Å². The van der Waals surface area contributed by atoms with Crippen LogP contribution in [0.15, 0.2) is 34.9 Å². The Morgan fingerprint density at radius 1 is 1.43 bits per heavy atom. The predicted molar refractivity (Wildman–Crippen MR) is 86.1 cm³/mol. The molecule has 1 aromatic heterocycles. The van der Waals surface area contributed by atoms with Gasteiger partial charge in [0.25, 0.3) is 0 Å². The molecule has 1 fully saturated rings. The molecule has 23 heavy (non-hydrogen) atoms. The third kappa shape index (κ3) is 3.90. The topological polar surface area (TPSA) is 78.6 Å². The maximum Gasteiger partial charge on any atom is 0.226 e. The molecule has 3 rings (SSSR count). The number of aromatic hydroxyl groups is 1. The number of carbonyl (C=O) groups is 1. The molecule has 0 unspecified atom stereocenters. The Hall–Kier alpha value is -2.34. The summed E-state index contributed by atoms with van der Waals surface area (Å²) < 4.78 is 4.93. The van der Waals surface area contributed by atoms with Crippen LogP contribution < -0.4 is 5.32 Å². The fraction of sp³-hybridized carbons (Fsp3) is 0.412. The van der Waals surface area contributed by atoms with Crippen molar-refractivity contribution in [3.8, 4) is 5.75 Å². The highest BCUT2D eigenvalue weighted by molar-refractivity contribution is 5.89. The van der Waals surface area contributed by atoms with Crippen molar-refractivity contribution in [2.75, 3.05) is 18.4 Å². The van der Waals surface area contributed by atoms with Crippen molar-refractivity contribution in [2.24, 2.45) is 0 Å². The number of aryl methyl sites for hydroxylation is 1. The molecule has 6 nitrogen and oxygen atoms in total. The molecule has 0 bridgehead atoms. The van der Waals surface area contributed by atoms with Crippen LogP contribution in [-0.2, 0) is 4.79 Å². The van der Waals surface area contributed by atoms with Crippen LogP contribution in [0.3, 0.4) is 0 Å². The molecule has 2 aromatic rings. The molecule has 1 amide bonds. The first-order valence-electron chi connectivity index (χ1n) is 7.88. The lowest BCUT2D eigenvalue weighted by Gasteiger charge is -2.24. The van der Waals surface area contributed by atoms with Crippen LogP contribution in [0.2, 0.25) is 0 Å². The van der Waals surface area contributed by atoms with Gasteiger partial charge < -0.3 is 14.9 Å². The summed E-state index contributed by atoms with van der Waals surface area (Å²) in [5.41, 5.74) is 1.19. The Morgan fingerprint density at radius 3 is 2.91 bits per heavy atom. The number of rotatable bonds is 5. The number of phenolic OH excluding ortho intramolecular Hbond substituents is 1. The van der Waals surface area contributed by atoms with Gasteiger partial charge in [0.15, 0.2) is 5.82 Å². The smallest absolute Gasteiger partial charge is 0.226 e. The number of carbonyl (C=O) groups excluding carboxylic acids is 1. The highest BCUT2D eigenvalue weighted by Crippen LogP contribution is 2.32. The molecule has 0 saturated carbocycles. The fourth-order valence-corrected chi connectivity index (χ4v) is 3.04. The maximum absolute atomic E-state index is 12.0. The zero-order valence-electron chi connectivity index (χ0n) is 13.2. The zero-order valence-corrected chi connectivity index (χ0v) is 13.2. The molecule has 0 aliphatic carbocycles. The maximum atomic E-state index is 12.0. The van der Waals surface area contributed by atoms with E-state index in [9.17, 15) is 9.90 Å². The first-order chi connectivity index (χ1) is 11.1. The summed E-state index contributed by atoms with van der Waals surface area (Å²) in [5, 5.41) is 15.9. The van der Waals surface area contributed by atoms with Gasteiger partial charge >= 0.3 is 0 Å². The van der Waals surface area contributed by atoms with E-state index in [-0.39, 0.29) is 11.7 Å². The van der Waals surface area contributed by atoms with Crippen LogP contribution in [0.4, 0.5) is 5.82 Å². The second-order valence-corrected chi connectivity index (χ2v) is 5.91. The van der Waals surface area contributed by atoms with Gasteiger partial charge in [-0.3, -0.25) is 9.69 Å². The van der Waals surface area contributed by atoms with Crippen LogP contribution >= 0.6 is 0 Å². The first-order valence-corrected chi connectivity index (χ1v) is 7.88. The van der Waals surface area contributed by atoms with E-state index in [1.165, 1.54) is 5.56 Å². The van der Waals surface area contributed by atoms with Crippen molar-refractivity contribution in [2.45, 2.75) is 32.2 Å². The van der Waals surface area contributed by atoms with Crippen molar-refractivity contribution < 1.29 is 14.4 Å². The fourth-order valence-electron chi connectivity index (χ4n) is 3.04. The van der Waals surface area contributed by atoms with E-state index in [4.69, 9.17) is 4.52 Å². The van der Waals surface area contributed by atoms with Gasteiger partial charge in [-0.05, 0) is 44.0 Å². The number of phenols is 1. The van der Waals surface area contributed by atoms with Gasteiger partial charge in [0.2, 0.25) is 5.91 Å². The average molecular weight is 315 g/mol. The van der Waals surface area contributed by atoms with E-state index in [0.29, 0.717) is 30.6 Å². The van der Waals surface area contributed by atoms with E-state index in [1.807, 2.05) is 12.1 Å².